The van der Waals surface area contributed by atoms with Crippen LogP contribution in [0.1, 0.15) is 5.56 Å². The Kier molecular flexibility index (Phi) is 3.19. The summed E-state index contributed by atoms with van der Waals surface area (Å²) in [6.45, 7) is 0. The fourth-order valence-electron chi connectivity index (χ4n) is 1.41. The molecule has 0 unspecified atom stereocenters. The molecule has 14 heavy (non-hydrogen) atoms. The third kappa shape index (κ3) is 1.73. The second-order valence-corrected chi connectivity index (χ2v) is 6.07. The highest BCUT2D eigenvalue weighted by atomic mass is 127. The van der Waals surface area contributed by atoms with Crippen LogP contribution in [-0.2, 0) is 5.88 Å². The molecule has 0 saturated heterocycles. The number of halogens is 2. The molecule has 0 saturated carbocycles. The number of ether oxygens (including phenoxy) is 1. The van der Waals surface area contributed by atoms with Crippen LogP contribution in [0.3, 0.4) is 0 Å². The number of thiophene rings is 1. The van der Waals surface area contributed by atoms with Crippen LogP contribution in [0.4, 0.5) is 0 Å². The highest BCUT2D eigenvalue weighted by Gasteiger charge is 2.09. The van der Waals surface area contributed by atoms with E-state index in [-0.39, 0.29) is 0 Å². The van der Waals surface area contributed by atoms with Crippen LogP contribution in [0.2, 0.25) is 0 Å². The summed E-state index contributed by atoms with van der Waals surface area (Å²) in [6.07, 6.45) is 0. The molecule has 0 aliphatic rings. The van der Waals surface area contributed by atoms with Crippen molar-refractivity contribution in [3.8, 4) is 5.75 Å². The fraction of sp³-hybridized carbons (Fsp3) is 0.200. The van der Waals surface area contributed by atoms with E-state index in [1.807, 2.05) is 12.1 Å². The summed E-state index contributed by atoms with van der Waals surface area (Å²) in [7, 11) is 1.69. The highest BCUT2D eigenvalue weighted by molar-refractivity contribution is 14.1. The molecule has 0 spiro atoms. The quantitative estimate of drug-likeness (QED) is 0.587. The van der Waals surface area contributed by atoms with Gasteiger partial charge in [0.2, 0.25) is 0 Å². The Morgan fingerprint density at radius 1 is 1.50 bits per heavy atom. The number of rotatable bonds is 2. The minimum absolute atomic E-state index is 0.553. The van der Waals surface area contributed by atoms with E-state index in [9.17, 15) is 0 Å². The molecule has 1 heterocycles. The molecule has 0 atom stereocenters. The molecule has 74 valence electrons. The van der Waals surface area contributed by atoms with E-state index in [1.165, 1.54) is 18.5 Å². The monoisotopic (exact) mass is 338 g/mol. The van der Waals surface area contributed by atoms with Crippen molar-refractivity contribution in [2.24, 2.45) is 0 Å². The van der Waals surface area contributed by atoms with Gasteiger partial charge in [0.15, 0.2) is 0 Å². The molecule has 0 radical (unpaired) electrons. The summed E-state index contributed by atoms with van der Waals surface area (Å²) in [5.41, 5.74) is 1.18. The van der Waals surface area contributed by atoms with E-state index in [4.69, 9.17) is 16.3 Å². The van der Waals surface area contributed by atoms with Crippen molar-refractivity contribution in [2.45, 2.75) is 5.88 Å². The highest BCUT2D eigenvalue weighted by Crippen LogP contribution is 2.36. The topological polar surface area (TPSA) is 9.23 Å². The lowest BCUT2D eigenvalue weighted by Crippen LogP contribution is -1.85. The average Bonchev–Trinajstić information content (AvgIpc) is 2.57. The molecular formula is C10H8ClIOS. The predicted octanol–water partition coefficient (Wildman–Crippen LogP) is 4.25. The largest absolute Gasteiger partial charge is 0.496 e. The Bertz CT molecular complexity index is 425. The van der Waals surface area contributed by atoms with Crippen molar-refractivity contribution in [2.75, 3.05) is 7.11 Å². The molecule has 1 aromatic heterocycles. The van der Waals surface area contributed by atoms with Crippen molar-refractivity contribution in [1.29, 1.82) is 0 Å². The maximum Gasteiger partial charge on any atom is 0.127 e. The van der Waals surface area contributed by atoms with Gasteiger partial charge in [-0.2, -0.15) is 0 Å². The Morgan fingerprint density at radius 3 is 2.93 bits per heavy atom. The van der Waals surface area contributed by atoms with Gasteiger partial charge < -0.3 is 4.74 Å². The maximum atomic E-state index is 5.87. The zero-order valence-electron chi connectivity index (χ0n) is 7.51. The Balaban J connectivity index is 2.77. The van der Waals surface area contributed by atoms with Gasteiger partial charge in [0.25, 0.3) is 0 Å². The van der Waals surface area contributed by atoms with E-state index in [1.54, 1.807) is 18.4 Å². The number of hydrogen-bond acceptors (Lipinski definition) is 2. The molecule has 1 aromatic carbocycles. The van der Waals surface area contributed by atoms with Crippen molar-refractivity contribution in [3.63, 3.8) is 0 Å². The molecule has 0 aliphatic carbocycles. The summed E-state index contributed by atoms with van der Waals surface area (Å²) in [5, 5.41) is 1.17. The third-order valence-corrected chi connectivity index (χ3v) is 4.32. The lowest BCUT2D eigenvalue weighted by Gasteiger charge is -2.03. The number of alkyl halides is 1. The van der Waals surface area contributed by atoms with Crippen LogP contribution >= 0.6 is 45.5 Å². The lowest BCUT2D eigenvalue weighted by molar-refractivity contribution is 0.420. The van der Waals surface area contributed by atoms with E-state index in [2.05, 4.69) is 28.7 Å². The number of methoxy groups -OCH3 is 1. The SMILES string of the molecule is COc1ccc(CCl)c2sc(I)cc12. The maximum absolute atomic E-state index is 5.87. The van der Waals surface area contributed by atoms with Crippen LogP contribution in [0.15, 0.2) is 18.2 Å². The van der Waals surface area contributed by atoms with Gasteiger partial charge in [0.1, 0.15) is 5.75 Å². The number of benzene rings is 1. The van der Waals surface area contributed by atoms with Crippen LogP contribution < -0.4 is 4.74 Å². The molecule has 1 nitrogen and oxygen atoms in total. The molecule has 0 fully saturated rings. The van der Waals surface area contributed by atoms with E-state index in [0.29, 0.717) is 5.88 Å². The summed E-state index contributed by atoms with van der Waals surface area (Å²) in [6, 6.07) is 6.14. The van der Waals surface area contributed by atoms with E-state index < -0.39 is 0 Å². The summed E-state index contributed by atoms with van der Waals surface area (Å²) >= 11 is 9.95. The van der Waals surface area contributed by atoms with Crippen LogP contribution in [0, 0.1) is 2.88 Å². The first kappa shape index (κ1) is 10.5. The minimum Gasteiger partial charge on any atom is -0.496 e. The first-order valence-electron chi connectivity index (χ1n) is 4.07. The standard InChI is InChI=1S/C10H8ClIOS/c1-13-8-3-2-6(5-11)10-7(8)4-9(12)14-10/h2-4H,5H2,1H3. The molecule has 4 heteroatoms. The molecule has 0 bridgehead atoms. The van der Waals surface area contributed by atoms with Crippen LogP contribution in [-0.4, -0.2) is 7.11 Å². The second-order valence-electron chi connectivity index (χ2n) is 2.85. The van der Waals surface area contributed by atoms with Gasteiger partial charge in [-0.3, -0.25) is 0 Å². The van der Waals surface area contributed by atoms with Gasteiger partial charge in [-0.15, -0.1) is 22.9 Å². The van der Waals surface area contributed by atoms with Crippen molar-refractivity contribution >= 4 is 55.6 Å². The first-order valence-corrected chi connectivity index (χ1v) is 6.50. The fourth-order valence-corrected chi connectivity index (χ4v) is 3.59. The Hall–Kier alpha value is -0.000000000000000111. The molecule has 0 N–H and O–H groups in total. The molecule has 2 rings (SSSR count). The van der Waals surface area contributed by atoms with Gasteiger partial charge >= 0.3 is 0 Å². The smallest absolute Gasteiger partial charge is 0.127 e. The second kappa shape index (κ2) is 4.24. The van der Waals surface area contributed by atoms with Gasteiger partial charge in [-0.05, 0) is 40.3 Å². The van der Waals surface area contributed by atoms with Crippen LogP contribution in [0.5, 0.6) is 5.75 Å². The summed E-state index contributed by atoms with van der Waals surface area (Å²) < 4.78 is 7.80. The summed E-state index contributed by atoms with van der Waals surface area (Å²) in [4.78, 5) is 0. The average molecular weight is 339 g/mol. The number of hydrogen-bond donors (Lipinski definition) is 0. The van der Waals surface area contributed by atoms with Crippen molar-refractivity contribution < 1.29 is 4.74 Å². The zero-order valence-corrected chi connectivity index (χ0v) is 11.2. The van der Waals surface area contributed by atoms with Gasteiger partial charge in [0, 0.05) is 16.0 Å². The number of fused-ring (bicyclic) bond motifs is 1. The normalized spacial score (nSPS) is 10.8. The van der Waals surface area contributed by atoms with Gasteiger partial charge in [0.05, 0.1) is 9.99 Å². The first-order chi connectivity index (χ1) is 6.76. The van der Waals surface area contributed by atoms with Crippen molar-refractivity contribution in [1.82, 2.24) is 0 Å². The van der Waals surface area contributed by atoms with Gasteiger partial charge in [-0.1, -0.05) is 6.07 Å². The molecule has 2 aromatic rings. The summed E-state index contributed by atoms with van der Waals surface area (Å²) in [5.74, 6) is 1.48. The Labute approximate surface area is 105 Å². The molecular weight excluding hydrogens is 331 g/mol. The van der Waals surface area contributed by atoms with E-state index in [0.717, 1.165) is 5.75 Å². The van der Waals surface area contributed by atoms with Crippen LogP contribution in [0.25, 0.3) is 10.1 Å². The lowest BCUT2D eigenvalue weighted by atomic mass is 10.2. The van der Waals surface area contributed by atoms with Gasteiger partial charge in [-0.25, -0.2) is 0 Å². The van der Waals surface area contributed by atoms with Crippen molar-refractivity contribution in [3.05, 3.63) is 26.6 Å². The molecule has 0 aliphatic heterocycles. The van der Waals surface area contributed by atoms with E-state index >= 15 is 0 Å². The predicted molar refractivity (Wildman–Crippen MR) is 70.7 cm³/mol. The Morgan fingerprint density at radius 2 is 2.29 bits per heavy atom. The third-order valence-electron chi connectivity index (χ3n) is 2.06. The minimum atomic E-state index is 0.553. The zero-order chi connectivity index (χ0) is 10.1. The molecule has 0 amide bonds.